The summed E-state index contributed by atoms with van der Waals surface area (Å²) in [6.07, 6.45) is 2.59. The SMILES string of the molecule is COC(=O)Cn1ccc2ccc(OC[C@H]3CNCC(=O)N3c3ccc(OCCCOCc4ccccc4OC)cc3)cc21. The summed E-state index contributed by atoms with van der Waals surface area (Å²) in [7, 11) is 3.03. The van der Waals surface area contributed by atoms with Crippen LogP contribution in [0.5, 0.6) is 17.2 Å². The molecule has 226 valence electrons. The van der Waals surface area contributed by atoms with Crippen molar-refractivity contribution in [2.24, 2.45) is 0 Å². The van der Waals surface area contributed by atoms with Gasteiger partial charge in [0.1, 0.15) is 30.4 Å². The van der Waals surface area contributed by atoms with Crippen LogP contribution in [0.25, 0.3) is 10.9 Å². The molecule has 1 fully saturated rings. The number of hydrogen-bond donors (Lipinski definition) is 1. The molecule has 1 aromatic heterocycles. The number of esters is 1. The van der Waals surface area contributed by atoms with E-state index in [1.54, 1.807) is 12.0 Å². The minimum absolute atomic E-state index is 0.0249. The minimum Gasteiger partial charge on any atom is -0.496 e. The number of aromatic nitrogens is 1. The van der Waals surface area contributed by atoms with Gasteiger partial charge in [0.25, 0.3) is 0 Å². The summed E-state index contributed by atoms with van der Waals surface area (Å²) >= 11 is 0. The largest absolute Gasteiger partial charge is 0.496 e. The molecule has 0 radical (unpaired) electrons. The van der Waals surface area contributed by atoms with Gasteiger partial charge in [-0.3, -0.25) is 9.59 Å². The zero-order chi connectivity index (χ0) is 30.0. The molecule has 1 atom stereocenters. The molecule has 10 heteroatoms. The summed E-state index contributed by atoms with van der Waals surface area (Å²) in [5, 5.41) is 4.18. The Morgan fingerprint density at radius 1 is 0.953 bits per heavy atom. The van der Waals surface area contributed by atoms with Crippen molar-refractivity contribution >= 4 is 28.5 Å². The summed E-state index contributed by atoms with van der Waals surface area (Å²) in [4.78, 5) is 26.5. The molecule has 2 heterocycles. The maximum Gasteiger partial charge on any atom is 0.325 e. The average molecular weight is 588 g/mol. The molecule has 1 N–H and O–H groups in total. The summed E-state index contributed by atoms with van der Waals surface area (Å²) in [5.74, 6) is 1.86. The lowest BCUT2D eigenvalue weighted by Crippen LogP contribution is -2.57. The van der Waals surface area contributed by atoms with Crippen molar-refractivity contribution in [2.75, 3.05) is 52.0 Å². The van der Waals surface area contributed by atoms with E-state index in [0.29, 0.717) is 38.7 Å². The standard InChI is InChI=1S/C33H37N3O7/c1-39-31-7-4-3-6-25(31)22-41-16-5-17-42-28-12-9-26(10-13-28)36-27(19-34-20-32(36)37)23-43-29-11-8-24-14-15-35(30(24)18-29)21-33(38)40-2/h3-4,6-15,18,27,34H,5,16-17,19-23H2,1-2H3/t27-/m1/s1. The molecule has 1 aliphatic rings. The smallest absolute Gasteiger partial charge is 0.325 e. The zero-order valence-corrected chi connectivity index (χ0v) is 24.5. The molecule has 0 saturated carbocycles. The van der Waals surface area contributed by atoms with Crippen molar-refractivity contribution in [3.63, 3.8) is 0 Å². The molecule has 1 saturated heterocycles. The second-order valence-corrected chi connectivity index (χ2v) is 10.2. The quantitative estimate of drug-likeness (QED) is 0.173. The first-order chi connectivity index (χ1) is 21.1. The van der Waals surface area contributed by atoms with Crippen LogP contribution in [0.15, 0.2) is 79.0 Å². The Hall–Kier alpha value is -4.54. The number of ether oxygens (including phenoxy) is 5. The Balaban J connectivity index is 1.13. The van der Waals surface area contributed by atoms with Crippen molar-refractivity contribution in [1.29, 1.82) is 0 Å². The normalized spacial score (nSPS) is 15.0. The van der Waals surface area contributed by atoms with Crippen molar-refractivity contribution in [1.82, 2.24) is 9.88 Å². The van der Waals surface area contributed by atoms with Crippen molar-refractivity contribution in [2.45, 2.75) is 25.6 Å². The van der Waals surface area contributed by atoms with Gasteiger partial charge < -0.3 is 38.5 Å². The van der Waals surface area contributed by atoms with Crippen LogP contribution in [0.1, 0.15) is 12.0 Å². The number of amides is 1. The van der Waals surface area contributed by atoms with Gasteiger partial charge in [0, 0.05) is 36.5 Å². The average Bonchev–Trinajstić information content (AvgIpc) is 3.43. The number of benzene rings is 3. The molecule has 43 heavy (non-hydrogen) atoms. The molecular weight excluding hydrogens is 550 g/mol. The third-order valence-electron chi connectivity index (χ3n) is 7.27. The van der Waals surface area contributed by atoms with Gasteiger partial charge in [0.15, 0.2) is 0 Å². The van der Waals surface area contributed by atoms with Crippen LogP contribution < -0.4 is 24.4 Å². The van der Waals surface area contributed by atoms with Gasteiger partial charge in [-0.1, -0.05) is 18.2 Å². The topological polar surface area (TPSA) is 100 Å². The number of para-hydroxylation sites is 1. The van der Waals surface area contributed by atoms with Crippen molar-refractivity contribution in [3.05, 3.63) is 84.6 Å². The van der Waals surface area contributed by atoms with Crippen molar-refractivity contribution < 1.29 is 33.3 Å². The number of nitrogens with zero attached hydrogens (tertiary/aromatic N) is 2. The van der Waals surface area contributed by atoms with E-state index < -0.39 is 0 Å². The first-order valence-corrected chi connectivity index (χ1v) is 14.3. The first-order valence-electron chi connectivity index (χ1n) is 14.3. The molecule has 0 bridgehead atoms. The summed E-state index contributed by atoms with van der Waals surface area (Å²) in [6, 6.07) is 22.8. The van der Waals surface area contributed by atoms with Gasteiger partial charge in [0.05, 0.1) is 52.1 Å². The third kappa shape index (κ3) is 7.65. The van der Waals surface area contributed by atoms with Crippen LogP contribution >= 0.6 is 0 Å². The van der Waals surface area contributed by atoms with E-state index in [-0.39, 0.29) is 31.0 Å². The molecule has 0 spiro atoms. The molecule has 0 unspecified atom stereocenters. The van der Waals surface area contributed by atoms with Crippen LogP contribution in [0.3, 0.4) is 0 Å². The number of hydrogen-bond acceptors (Lipinski definition) is 8. The highest BCUT2D eigenvalue weighted by Gasteiger charge is 2.30. The number of rotatable bonds is 14. The van der Waals surface area contributed by atoms with Crippen LogP contribution in [0.4, 0.5) is 5.69 Å². The number of nitrogens with one attached hydrogen (secondary N) is 1. The summed E-state index contributed by atoms with van der Waals surface area (Å²) < 4.78 is 29.8. The number of methoxy groups -OCH3 is 2. The Morgan fingerprint density at radius 2 is 1.77 bits per heavy atom. The molecule has 10 nitrogen and oxygen atoms in total. The second-order valence-electron chi connectivity index (χ2n) is 10.2. The fourth-order valence-electron chi connectivity index (χ4n) is 5.06. The number of carbonyl (C=O) groups excluding carboxylic acids is 2. The number of carbonyl (C=O) groups is 2. The lowest BCUT2D eigenvalue weighted by molar-refractivity contribution is -0.141. The third-order valence-corrected chi connectivity index (χ3v) is 7.27. The molecular formula is C33H37N3O7. The Morgan fingerprint density at radius 3 is 2.58 bits per heavy atom. The van der Waals surface area contributed by atoms with Gasteiger partial charge in [-0.25, -0.2) is 0 Å². The van der Waals surface area contributed by atoms with Gasteiger partial charge in [-0.15, -0.1) is 0 Å². The molecule has 1 amide bonds. The van der Waals surface area contributed by atoms with E-state index in [9.17, 15) is 9.59 Å². The van der Waals surface area contributed by atoms with Gasteiger partial charge >= 0.3 is 5.97 Å². The Kier molecular flexibility index (Phi) is 10.1. The van der Waals surface area contributed by atoms with Crippen LogP contribution in [0.2, 0.25) is 0 Å². The van der Waals surface area contributed by atoms with E-state index in [1.165, 1.54) is 7.11 Å². The molecule has 1 aliphatic heterocycles. The Labute approximate surface area is 251 Å². The highest BCUT2D eigenvalue weighted by molar-refractivity contribution is 5.96. The fourth-order valence-corrected chi connectivity index (χ4v) is 5.06. The molecule has 4 aromatic rings. The lowest BCUT2D eigenvalue weighted by Gasteiger charge is -2.36. The number of anilines is 1. The van der Waals surface area contributed by atoms with Crippen LogP contribution in [0, 0.1) is 0 Å². The van der Waals surface area contributed by atoms with E-state index in [1.807, 2.05) is 83.6 Å². The van der Waals surface area contributed by atoms with Gasteiger partial charge in [-0.2, -0.15) is 0 Å². The maximum absolute atomic E-state index is 12.9. The van der Waals surface area contributed by atoms with E-state index in [2.05, 4.69) is 5.32 Å². The predicted molar refractivity (Wildman–Crippen MR) is 163 cm³/mol. The highest BCUT2D eigenvalue weighted by atomic mass is 16.5. The molecule has 5 rings (SSSR count). The number of piperazine rings is 1. The molecule has 3 aromatic carbocycles. The van der Waals surface area contributed by atoms with Crippen LogP contribution in [-0.4, -0.2) is 69.6 Å². The second kappa shape index (κ2) is 14.6. The van der Waals surface area contributed by atoms with Crippen LogP contribution in [-0.2, 0) is 32.2 Å². The van der Waals surface area contributed by atoms with Gasteiger partial charge in [-0.05, 0) is 53.9 Å². The number of fused-ring (bicyclic) bond motifs is 1. The van der Waals surface area contributed by atoms with E-state index in [4.69, 9.17) is 23.7 Å². The van der Waals surface area contributed by atoms with E-state index in [0.717, 1.165) is 40.1 Å². The zero-order valence-electron chi connectivity index (χ0n) is 24.5. The maximum atomic E-state index is 12.9. The summed E-state index contributed by atoms with van der Waals surface area (Å²) in [5.41, 5.74) is 2.67. The lowest BCUT2D eigenvalue weighted by atomic mass is 10.1. The Bertz CT molecular complexity index is 1520. The van der Waals surface area contributed by atoms with Crippen molar-refractivity contribution in [3.8, 4) is 17.2 Å². The monoisotopic (exact) mass is 587 g/mol. The fraction of sp³-hybridized carbons (Fsp3) is 0.333. The van der Waals surface area contributed by atoms with Gasteiger partial charge in [0.2, 0.25) is 5.91 Å². The summed E-state index contributed by atoms with van der Waals surface area (Å²) in [6.45, 7) is 2.85. The first kappa shape index (κ1) is 29.9. The molecule has 0 aliphatic carbocycles. The minimum atomic E-state index is -0.322. The predicted octanol–water partition coefficient (Wildman–Crippen LogP) is 4.19. The van der Waals surface area contributed by atoms with E-state index >= 15 is 0 Å². The highest BCUT2D eigenvalue weighted by Crippen LogP contribution is 2.26.